The fraction of sp³-hybridized carbons (Fsp3) is 0.333. The van der Waals surface area contributed by atoms with E-state index < -0.39 is 11.8 Å². The molecule has 2 amide bonds. The maximum atomic E-state index is 12.4. The van der Waals surface area contributed by atoms with Crippen molar-refractivity contribution in [2.75, 3.05) is 5.32 Å². The standard InChI is InChI=1S/C21H23ClN2O2/c1-13(2)16-4-3-5-18(12-16)23-20(25)21(26)24-19(14-6-7-14)15-8-10-17(22)11-9-15/h3-5,8-14,19H,6-7H2,1-2H3,(H,23,25)(H,24,26). The highest BCUT2D eigenvalue weighted by atomic mass is 35.5. The Bertz CT molecular complexity index is 798. The molecule has 0 saturated heterocycles. The SMILES string of the molecule is CC(C)c1cccc(NC(=O)C(=O)NC(c2ccc(Cl)cc2)C2CC2)c1. The maximum Gasteiger partial charge on any atom is 0.313 e. The Morgan fingerprint density at radius 1 is 1.00 bits per heavy atom. The van der Waals surface area contributed by atoms with Crippen molar-refractivity contribution in [2.24, 2.45) is 5.92 Å². The Morgan fingerprint density at radius 3 is 2.31 bits per heavy atom. The minimum Gasteiger partial charge on any atom is -0.341 e. The first kappa shape index (κ1) is 18.5. The lowest BCUT2D eigenvalue weighted by molar-refractivity contribution is -0.136. The van der Waals surface area contributed by atoms with Crippen molar-refractivity contribution < 1.29 is 9.59 Å². The summed E-state index contributed by atoms with van der Waals surface area (Å²) < 4.78 is 0. The second kappa shape index (κ2) is 7.92. The molecule has 1 aliphatic rings. The van der Waals surface area contributed by atoms with Gasteiger partial charge in [0.05, 0.1) is 6.04 Å². The molecule has 0 aliphatic heterocycles. The van der Waals surface area contributed by atoms with Crippen LogP contribution in [0.15, 0.2) is 48.5 Å². The van der Waals surface area contributed by atoms with Crippen LogP contribution in [0.25, 0.3) is 0 Å². The summed E-state index contributed by atoms with van der Waals surface area (Å²) in [5.41, 5.74) is 2.71. The quantitative estimate of drug-likeness (QED) is 0.751. The zero-order valence-electron chi connectivity index (χ0n) is 15.0. The summed E-state index contributed by atoms with van der Waals surface area (Å²) in [6.07, 6.45) is 2.09. The summed E-state index contributed by atoms with van der Waals surface area (Å²) in [5.74, 6) is -0.542. The Morgan fingerprint density at radius 2 is 1.69 bits per heavy atom. The Hall–Kier alpha value is -2.33. The zero-order valence-corrected chi connectivity index (χ0v) is 15.7. The van der Waals surface area contributed by atoms with Crippen LogP contribution in [-0.4, -0.2) is 11.8 Å². The number of halogens is 1. The third-order valence-electron chi connectivity index (χ3n) is 4.63. The largest absolute Gasteiger partial charge is 0.341 e. The van der Waals surface area contributed by atoms with E-state index in [4.69, 9.17) is 11.6 Å². The van der Waals surface area contributed by atoms with Gasteiger partial charge in [-0.3, -0.25) is 9.59 Å². The number of amides is 2. The molecule has 1 saturated carbocycles. The fourth-order valence-corrected chi connectivity index (χ4v) is 3.07. The van der Waals surface area contributed by atoms with Gasteiger partial charge in [0, 0.05) is 10.7 Å². The summed E-state index contributed by atoms with van der Waals surface area (Å²) in [7, 11) is 0. The molecule has 0 radical (unpaired) electrons. The number of anilines is 1. The van der Waals surface area contributed by atoms with Crippen molar-refractivity contribution in [1.29, 1.82) is 0 Å². The molecule has 5 heteroatoms. The second-order valence-electron chi connectivity index (χ2n) is 7.07. The molecule has 2 N–H and O–H groups in total. The molecule has 26 heavy (non-hydrogen) atoms. The predicted molar refractivity (Wildman–Crippen MR) is 104 cm³/mol. The number of rotatable bonds is 5. The average molecular weight is 371 g/mol. The third-order valence-corrected chi connectivity index (χ3v) is 4.88. The van der Waals surface area contributed by atoms with Gasteiger partial charge < -0.3 is 10.6 Å². The van der Waals surface area contributed by atoms with Gasteiger partial charge in [-0.2, -0.15) is 0 Å². The van der Waals surface area contributed by atoms with Gasteiger partial charge in [-0.25, -0.2) is 0 Å². The smallest absolute Gasteiger partial charge is 0.313 e. The molecular formula is C21H23ClN2O2. The summed E-state index contributed by atoms with van der Waals surface area (Å²) in [5, 5.41) is 6.22. The van der Waals surface area contributed by atoms with Crippen LogP contribution in [0.2, 0.25) is 5.02 Å². The molecule has 1 atom stereocenters. The first-order valence-corrected chi connectivity index (χ1v) is 9.29. The van der Waals surface area contributed by atoms with Gasteiger partial charge in [0.1, 0.15) is 0 Å². The Kier molecular flexibility index (Phi) is 5.62. The summed E-state index contributed by atoms with van der Waals surface area (Å²) in [6, 6.07) is 14.8. The fourth-order valence-electron chi connectivity index (χ4n) is 2.94. The molecule has 3 rings (SSSR count). The molecule has 0 heterocycles. The number of carbonyl (C=O) groups excluding carboxylic acids is 2. The zero-order chi connectivity index (χ0) is 18.7. The lowest BCUT2D eigenvalue weighted by atomic mass is 10.0. The van der Waals surface area contributed by atoms with Crippen molar-refractivity contribution >= 4 is 29.1 Å². The molecule has 1 aliphatic carbocycles. The first-order chi connectivity index (χ1) is 12.4. The normalized spacial score (nSPS) is 14.8. The van der Waals surface area contributed by atoms with Crippen molar-refractivity contribution in [3.8, 4) is 0 Å². The van der Waals surface area contributed by atoms with Crippen molar-refractivity contribution in [3.63, 3.8) is 0 Å². The Labute approximate surface area is 158 Å². The van der Waals surface area contributed by atoms with E-state index in [9.17, 15) is 9.59 Å². The van der Waals surface area contributed by atoms with Gasteiger partial charge in [0.15, 0.2) is 0 Å². The van der Waals surface area contributed by atoms with Crippen LogP contribution in [0.5, 0.6) is 0 Å². The minimum atomic E-state index is -0.648. The first-order valence-electron chi connectivity index (χ1n) is 8.91. The lowest BCUT2D eigenvalue weighted by Crippen LogP contribution is -2.38. The van der Waals surface area contributed by atoms with Crippen LogP contribution in [0, 0.1) is 5.92 Å². The molecule has 4 nitrogen and oxygen atoms in total. The van der Waals surface area contributed by atoms with Crippen molar-refractivity contribution in [1.82, 2.24) is 5.32 Å². The number of hydrogen-bond donors (Lipinski definition) is 2. The molecular weight excluding hydrogens is 348 g/mol. The molecule has 0 aromatic heterocycles. The van der Waals surface area contributed by atoms with Gasteiger partial charge in [-0.15, -0.1) is 0 Å². The molecule has 0 spiro atoms. The molecule has 136 valence electrons. The molecule has 2 aromatic carbocycles. The molecule has 2 aromatic rings. The maximum absolute atomic E-state index is 12.4. The van der Waals surface area contributed by atoms with E-state index in [1.165, 1.54) is 0 Å². The lowest BCUT2D eigenvalue weighted by Gasteiger charge is -2.19. The van der Waals surface area contributed by atoms with Gasteiger partial charge in [-0.05, 0) is 60.1 Å². The summed E-state index contributed by atoms with van der Waals surface area (Å²) in [4.78, 5) is 24.7. The van der Waals surface area contributed by atoms with E-state index in [2.05, 4.69) is 24.5 Å². The molecule has 1 fully saturated rings. The predicted octanol–water partition coefficient (Wildman–Crippen LogP) is 4.67. The highest BCUT2D eigenvalue weighted by Gasteiger charge is 2.34. The van der Waals surface area contributed by atoms with Crippen LogP contribution in [0.4, 0.5) is 5.69 Å². The van der Waals surface area contributed by atoms with E-state index in [1.807, 2.05) is 30.3 Å². The Balaban J connectivity index is 1.67. The summed E-state index contributed by atoms with van der Waals surface area (Å²) >= 11 is 5.94. The van der Waals surface area contributed by atoms with Crippen LogP contribution < -0.4 is 10.6 Å². The van der Waals surface area contributed by atoms with Crippen LogP contribution in [0.1, 0.15) is 49.8 Å². The van der Waals surface area contributed by atoms with E-state index in [1.54, 1.807) is 18.2 Å². The van der Waals surface area contributed by atoms with Crippen molar-refractivity contribution in [3.05, 3.63) is 64.7 Å². The number of benzene rings is 2. The molecule has 1 unspecified atom stereocenters. The van der Waals surface area contributed by atoms with E-state index >= 15 is 0 Å². The monoisotopic (exact) mass is 370 g/mol. The highest BCUT2D eigenvalue weighted by molar-refractivity contribution is 6.39. The second-order valence-corrected chi connectivity index (χ2v) is 7.51. The molecule has 0 bridgehead atoms. The van der Waals surface area contributed by atoms with Gasteiger partial charge in [0.2, 0.25) is 0 Å². The van der Waals surface area contributed by atoms with E-state index in [-0.39, 0.29) is 6.04 Å². The third kappa shape index (κ3) is 4.64. The van der Waals surface area contributed by atoms with Crippen LogP contribution >= 0.6 is 11.6 Å². The van der Waals surface area contributed by atoms with E-state index in [0.29, 0.717) is 22.5 Å². The van der Waals surface area contributed by atoms with Gasteiger partial charge >= 0.3 is 11.8 Å². The van der Waals surface area contributed by atoms with Crippen LogP contribution in [0.3, 0.4) is 0 Å². The number of hydrogen-bond acceptors (Lipinski definition) is 2. The topological polar surface area (TPSA) is 58.2 Å². The van der Waals surface area contributed by atoms with E-state index in [0.717, 1.165) is 24.0 Å². The van der Waals surface area contributed by atoms with Gasteiger partial charge in [-0.1, -0.05) is 49.7 Å². The van der Waals surface area contributed by atoms with Crippen molar-refractivity contribution in [2.45, 2.75) is 38.6 Å². The van der Waals surface area contributed by atoms with Crippen LogP contribution in [-0.2, 0) is 9.59 Å². The summed E-state index contributed by atoms with van der Waals surface area (Å²) in [6.45, 7) is 4.17. The minimum absolute atomic E-state index is 0.160. The number of carbonyl (C=O) groups is 2. The van der Waals surface area contributed by atoms with Gasteiger partial charge in [0.25, 0.3) is 0 Å². The average Bonchev–Trinajstić information content (AvgIpc) is 3.45. The number of nitrogens with one attached hydrogen (secondary N) is 2. The highest BCUT2D eigenvalue weighted by Crippen LogP contribution is 2.41.